The molecule has 216 valence electrons. The van der Waals surface area contributed by atoms with Crippen molar-refractivity contribution in [1.82, 2.24) is 19.7 Å². The quantitative estimate of drug-likeness (QED) is 0.222. The van der Waals surface area contributed by atoms with E-state index in [1.807, 2.05) is 39.8 Å². The van der Waals surface area contributed by atoms with Gasteiger partial charge >= 0.3 is 0 Å². The molecule has 0 aliphatic heterocycles. The lowest BCUT2D eigenvalue weighted by atomic mass is 10.1. The highest BCUT2D eigenvalue weighted by atomic mass is 32.2. The van der Waals surface area contributed by atoms with Crippen LogP contribution in [0.1, 0.15) is 37.6 Å². The first kappa shape index (κ1) is 28.9. The summed E-state index contributed by atoms with van der Waals surface area (Å²) in [4.78, 5) is 20.7. The summed E-state index contributed by atoms with van der Waals surface area (Å²) < 4.78 is 47.7. The van der Waals surface area contributed by atoms with Crippen molar-refractivity contribution >= 4 is 32.3 Å². The Kier molecular flexibility index (Phi) is 7.79. The van der Waals surface area contributed by atoms with E-state index in [4.69, 9.17) is 4.74 Å². The summed E-state index contributed by atoms with van der Waals surface area (Å²) in [6, 6.07) is 15.7. The minimum Gasteiger partial charge on any atom is -0.456 e. The molecule has 0 spiro atoms. The monoisotopic (exact) mass is 587 g/mol. The first-order valence-electron chi connectivity index (χ1n) is 13.2. The van der Waals surface area contributed by atoms with Crippen LogP contribution in [0.2, 0.25) is 0 Å². The van der Waals surface area contributed by atoms with Crippen LogP contribution in [0.4, 0.5) is 10.1 Å². The first-order valence-corrected chi connectivity index (χ1v) is 14.9. The number of carbonyl (C=O) groups excluding carboxylic acids is 1. The molecule has 5 rings (SSSR count). The molecule has 5 aromatic rings. The number of pyridine rings is 2. The third kappa shape index (κ3) is 6.63. The van der Waals surface area contributed by atoms with E-state index in [0.717, 1.165) is 17.2 Å². The summed E-state index contributed by atoms with van der Waals surface area (Å²) >= 11 is 0. The fourth-order valence-electron chi connectivity index (χ4n) is 4.39. The number of fused-ring (bicyclic) bond motifs is 1. The highest BCUT2D eigenvalue weighted by Gasteiger charge is 2.19. The number of amides is 1. The van der Waals surface area contributed by atoms with Gasteiger partial charge in [-0.3, -0.25) is 14.5 Å². The van der Waals surface area contributed by atoms with Crippen molar-refractivity contribution in [3.8, 4) is 11.5 Å². The molecular weight excluding hydrogens is 557 g/mol. The topological polar surface area (TPSA) is 116 Å². The molecular formula is C31H30FN5O4S. The molecule has 0 atom stereocenters. The van der Waals surface area contributed by atoms with Crippen molar-refractivity contribution in [2.75, 3.05) is 5.32 Å². The molecule has 0 radical (unpaired) electrons. The summed E-state index contributed by atoms with van der Waals surface area (Å²) in [6.45, 7) is 7.96. The number of halogens is 1. The molecule has 2 aromatic carbocycles. The fourth-order valence-corrected chi connectivity index (χ4v) is 5.68. The van der Waals surface area contributed by atoms with Gasteiger partial charge in [-0.1, -0.05) is 18.2 Å². The maximum Gasteiger partial charge on any atom is 0.228 e. The molecule has 1 N–H and O–H groups in total. The fraction of sp³-hybridized carbons (Fsp3) is 0.226. The molecule has 0 saturated carbocycles. The van der Waals surface area contributed by atoms with Crippen molar-refractivity contribution in [3.63, 3.8) is 0 Å². The van der Waals surface area contributed by atoms with Crippen LogP contribution in [0, 0.1) is 12.9 Å². The number of hydrogen-bond acceptors (Lipinski definition) is 7. The Morgan fingerprint density at radius 1 is 1.05 bits per heavy atom. The van der Waals surface area contributed by atoms with Crippen LogP contribution >= 0.6 is 0 Å². The third-order valence-corrected chi connectivity index (χ3v) is 8.17. The predicted molar refractivity (Wildman–Crippen MR) is 158 cm³/mol. The molecule has 0 aliphatic rings. The van der Waals surface area contributed by atoms with E-state index in [-0.39, 0.29) is 28.5 Å². The van der Waals surface area contributed by atoms with Crippen molar-refractivity contribution < 1.29 is 22.3 Å². The molecule has 3 aromatic heterocycles. The minimum absolute atomic E-state index is 0.0463. The van der Waals surface area contributed by atoms with Gasteiger partial charge in [-0.2, -0.15) is 9.49 Å². The van der Waals surface area contributed by atoms with Gasteiger partial charge in [-0.05, 0) is 81.3 Å². The van der Waals surface area contributed by atoms with Crippen molar-refractivity contribution in [2.24, 2.45) is 0 Å². The van der Waals surface area contributed by atoms with E-state index in [9.17, 15) is 17.6 Å². The summed E-state index contributed by atoms with van der Waals surface area (Å²) in [5.74, 6) is -0.379. The summed E-state index contributed by atoms with van der Waals surface area (Å²) in [7, 11) is -3.82. The zero-order chi connectivity index (χ0) is 30.1. The molecule has 0 saturated heterocycles. The molecule has 11 heteroatoms. The van der Waals surface area contributed by atoms with Crippen molar-refractivity contribution in [1.29, 1.82) is 0 Å². The molecule has 3 heterocycles. The van der Waals surface area contributed by atoms with Gasteiger partial charge in [0.05, 0.1) is 45.7 Å². The van der Waals surface area contributed by atoms with E-state index in [1.54, 1.807) is 41.5 Å². The van der Waals surface area contributed by atoms with Crippen LogP contribution in [0.5, 0.6) is 11.5 Å². The predicted octanol–water partition coefficient (Wildman–Crippen LogP) is 5.98. The summed E-state index contributed by atoms with van der Waals surface area (Å²) in [6.07, 6.45) is 5.17. The number of nitrogens with zero attached hydrogens (tertiary/aromatic N) is 4. The van der Waals surface area contributed by atoms with Crippen LogP contribution < -0.4 is 10.1 Å². The van der Waals surface area contributed by atoms with E-state index in [0.29, 0.717) is 28.1 Å². The number of benzene rings is 2. The Hall–Kier alpha value is -4.64. The third-order valence-electron chi connectivity index (χ3n) is 6.52. The van der Waals surface area contributed by atoms with E-state index in [2.05, 4.69) is 20.4 Å². The highest BCUT2D eigenvalue weighted by molar-refractivity contribution is 7.90. The van der Waals surface area contributed by atoms with Crippen LogP contribution in [-0.2, 0) is 32.3 Å². The minimum atomic E-state index is -3.82. The number of carbonyl (C=O) groups is 1. The van der Waals surface area contributed by atoms with Gasteiger partial charge in [-0.15, -0.1) is 0 Å². The Bertz CT molecular complexity index is 1900. The number of aryl methyl sites for hydroxylation is 1. The first-order chi connectivity index (χ1) is 19.9. The number of rotatable bonds is 8. The number of aromatic nitrogens is 4. The lowest BCUT2D eigenvalue weighted by Gasteiger charge is -2.18. The Morgan fingerprint density at radius 3 is 2.57 bits per heavy atom. The lowest BCUT2D eigenvalue weighted by Crippen LogP contribution is -2.22. The van der Waals surface area contributed by atoms with Gasteiger partial charge < -0.3 is 10.1 Å². The van der Waals surface area contributed by atoms with Gasteiger partial charge in [0, 0.05) is 17.8 Å². The molecule has 0 aliphatic carbocycles. The van der Waals surface area contributed by atoms with Crippen LogP contribution in [0.15, 0.2) is 84.1 Å². The normalized spacial score (nSPS) is 11.9. The van der Waals surface area contributed by atoms with E-state index >= 15 is 0 Å². The summed E-state index contributed by atoms with van der Waals surface area (Å²) in [5, 5.41) is 7.69. The van der Waals surface area contributed by atoms with Crippen LogP contribution in [0.3, 0.4) is 0 Å². The summed E-state index contributed by atoms with van der Waals surface area (Å²) in [5.41, 5.74) is 2.71. The molecule has 1 amide bonds. The second-order valence-corrected chi connectivity index (χ2v) is 13.0. The van der Waals surface area contributed by atoms with Gasteiger partial charge in [0.1, 0.15) is 11.5 Å². The number of anilines is 1. The molecule has 9 nitrogen and oxygen atoms in total. The number of hydrogen-bond donors (Lipinski definition) is 1. The Morgan fingerprint density at radius 2 is 1.86 bits per heavy atom. The van der Waals surface area contributed by atoms with Gasteiger partial charge in [0.15, 0.2) is 9.84 Å². The van der Waals surface area contributed by atoms with Crippen LogP contribution in [-0.4, -0.2) is 34.1 Å². The highest BCUT2D eigenvalue weighted by Crippen LogP contribution is 2.33. The maximum atomic E-state index is 13.5. The molecule has 0 unspecified atom stereocenters. The molecule has 0 bridgehead atoms. The standard InChI is InChI=1S/C31H30FN5O4S/c1-20-14-21(15-30(38)36-23-17-34-37(18-23)31(2,3)4)8-11-27(20)41-28-12-13-33-26-10-9-24(16-25(26)28)42(39,40)19-22-6-5-7-29(32)35-22/h5-14,16-18H,15,19H2,1-4H3,(H,36,38). The van der Waals surface area contributed by atoms with Gasteiger partial charge in [0.2, 0.25) is 11.9 Å². The van der Waals surface area contributed by atoms with Crippen molar-refractivity contribution in [3.05, 3.63) is 102 Å². The molecule has 0 fully saturated rings. The number of sulfone groups is 1. The zero-order valence-electron chi connectivity index (χ0n) is 23.6. The maximum absolute atomic E-state index is 13.5. The smallest absolute Gasteiger partial charge is 0.228 e. The van der Waals surface area contributed by atoms with E-state index < -0.39 is 21.5 Å². The lowest BCUT2D eigenvalue weighted by molar-refractivity contribution is -0.115. The largest absolute Gasteiger partial charge is 0.456 e. The van der Waals surface area contributed by atoms with Gasteiger partial charge in [0.25, 0.3) is 0 Å². The molecule has 42 heavy (non-hydrogen) atoms. The van der Waals surface area contributed by atoms with E-state index in [1.165, 1.54) is 24.3 Å². The number of nitrogens with one attached hydrogen (secondary N) is 1. The second-order valence-electron chi connectivity index (χ2n) is 11.0. The Labute approximate surface area is 243 Å². The SMILES string of the molecule is Cc1cc(CC(=O)Nc2cnn(C(C)(C)C)c2)ccc1Oc1ccnc2ccc(S(=O)(=O)Cc3cccc(F)n3)cc12. The number of ether oxygens (including phenoxy) is 1. The Balaban J connectivity index is 1.33. The zero-order valence-corrected chi connectivity index (χ0v) is 24.4. The second kappa shape index (κ2) is 11.3. The van der Waals surface area contributed by atoms with Crippen LogP contribution in [0.25, 0.3) is 10.9 Å². The average Bonchev–Trinajstić information content (AvgIpc) is 3.39. The van der Waals surface area contributed by atoms with Crippen molar-refractivity contribution in [2.45, 2.75) is 50.3 Å². The average molecular weight is 588 g/mol. The van der Waals surface area contributed by atoms with Gasteiger partial charge in [-0.25, -0.2) is 13.4 Å².